The van der Waals surface area contributed by atoms with E-state index in [4.69, 9.17) is 11.6 Å². The van der Waals surface area contributed by atoms with Crippen LogP contribution in [0.25, 0.3) is 0 Å². The van der Waals surface area contributed by atoms with Crippen LogP contribution in [-0.2, 0) is 0 Å². The van der Waals surface area contributed by atoms with Crippen molar-refractivity contribution < 1.29 is 4.79 Å². The first-order valence-corrected chi connectivity index (χ1v) is 4.77. The minimum absolute atomic E-state index is 0.205. The van der Waals surface area contributed by atoms with E-state index >= 15 is 0 Å². The molecule has 0 fully saturated rings. The Morgan fingerprint density at radius 1 is 1.60 bits per heavy atom. The Labute approximate surface area is 93.1 Å². The minimum Gasteiger partial charge on any atom is -0.350 e. The molecule has 0 saturated carbocycles. The Morgan fingerprint density at radius 3 is 3.07 bits per heavy atom. The number of hydrogen-bond acceptors (Lipinski definition) is 3. The largest absolute Gasteiger partial charge is 0.350 e. The van der Waals surface area contributed by atoms with Gasteiger partial charge in [0.05, 0.1) is 12.4 Å². The maximum atomic E-state index is 11.4. The first kappa shape index (κ1) is 11.5. The molecule has 1 N–H and O–H groups in total. The number of carbonyl (C=O) groups excluding carboxylic acids is 1. The van der Waals surface area contributed by atoms with Crippen LogP contribution in [0, 0.1) is 11.8 Å². The number of aromatic nitrogens is 2. The van der Waals surface area contributed by atoms with E-state index in [1.807, 2.05) is 0 Å². The normalized spacial score (nSPS) is 8.93. The first-order valence-electron chi connectivity index (χ1n) is 4.39. The lowest BCUT2D eigenvalue weighted by atomic mass is 10.4. The van der Waals surface area contributed by atoms with E-state index in [0.29, 0.717) is 13.0 Å². The van der Waals surface area contributed by atoms with Gasteiger partial charge in [0.25, 0.3) is 5.91 Å². The van der Waals surface area contributed by atoms with E-state index in [1.165, 1.54) is 12.4 Å². The van der Waals surface area contributed by atoms with Crippen LogP contribution in [0.2, 0.25) is 5.15 Å². The predicted octanol–water partition coefficient (Wildman–Crippen LogP) is 1.27. The molecule has 0 spiro atoms. The van der Waals surface area contributed by atoms with Crippen molar-refractivity contribution in [3.05, 3.63) is 23.2 Å². The number of nitrogens with zero attached hydrogens (tertiary/aromatic N) is 2. The van der Waals surface area contributed by atoms with E-state index < -0.39 is 0 Å². The van der Waals surface area contributed by atoms with Crippen LogP contribution in [0.3, 0.4) is 0 Å². The van der Waals surface area contributed by atoms with Gasteiger partial charge < -0.3 is 5.32 Å². The molecule has 0 atom stereocenters. The van der Waals surface area contributed by atoms with Crippen molar-refractivity contribution in [3.8, 4) is 11.8 Å². The van der Waals surface area contributed by atoms with Gasteiger partial charge in [-0.15, -0.1) is 11.8 Å². The maximum Gasteiger partial charge on any atom is 0.271 e. The molecular weight excluding hydrogens is 214 g/mol. The average molecular weight is 224 g/mol. The van der Waals surface area contributed by atoms with Crippen molar-refractivity contribution >= 4 is 17.5 Å². The number of carbonyl (C=O) groups is 1. The van der Waals surface area contributed by atoms with Gasteiger partial charge >= 0.3 is 0 Å². The van der Waals surface area contributed by atoms with Crippen LogP contribution in [0.4, 0.5) is 0 Å². The summed E-state index contributed by atoms with van der Waals surface area (Å²) in [4.78, 5) is 19.0. The second kappa shape index (κ2) is 5.99. The fraction of sp³-hybridized carbons (Fsp3) is 0.300. The van der Waals surface area contributed by atoms with E-state index in [1.54, 1.807) is 6.92 Å². The highest BCUT2D eigenvalue weighted by atomic mass is 35.5. The van der Waals surface area contributed by atoms with Crippen molar-refractivity contribution in [3.63, 3.8) is 0 Å². The fourth-order valence-electron chi connectivity index (χ4n) is 0.906. The van der Waals surface area contributed by atoms with Crippen molar-refractivity contribution in [2.24, 2.45) is 0 Å². The molecule has 0 saturated heterocycles. The molecule has 1 aromatic heterocycles. The summed E-state index contributed by atoms with van der Waals surface area (Å²) in [6.45, 7) is 2.25. The first-order chi connectivity index (χ1) is 7.24. The minimum atomic E-state index is -0.289. The standard InChI is InChI=1S/C10H10ClN3O/c1-2-3-4-5-13-10(15)8-6-12-7-9(11)14-8/h6-7H,4-5H2,1H3,(H,13,15). The summed E-state index contributed by atoms with van der Waals surface area (Å²) in [5, 5.41) is 2.86. The molecule has 0 aliphatic carbocycles. The number of halogens is 1. The SMILES string of the molecule is CC#CCCNC(=O)c1cncc(Cl)n1. The third kappa shape index (κ3) is 3.96. The highest BCUT2D eigenvalue weighted by Gasteiger charge is 2.06. The summed E-state index contributed by atoms with van der Waals surface area (Å²) < 4.78 is 0. The molecule has 0 radical (unpaired) electrons. The van der Waals surface area contributed by atoms with Gasteiger partial charge in [-0.3, -0.25) is 9.78 Å². The van der Waals surface area contributed by atoms with Crippen molar-refractivity contribution in [1.29, 1.82) is 0 Å². The number of rotatable bonds is 3. The molecule has 1 aromatic rings. The Balaban J connectivity index is 2.49. The molecule has 0 bridgehead atoms. The zero-order valence-corrected chi connectivity index (χ0v) is 9.01. The number of amides is 1. The Bertz CT molecular complexity index is 409. The lowest BCUT2D eigenvalue weighted by molar-refractivity contribution is 0.0949. The number of nitrogens with one attached hydrogen (secondary N) is 1. The van der Waals surface area contributed by atoms with Crippen molar-refractivity contribution in [2.75, 3.05) is 6.54 Å². The second-order valence-electron chi connectivity index (χ2n) is 2.66. The summed E-state index contributed by atoms with van der Waals surface area (Å²) in [5.74, 6) is 5.29. The van der Waals surface area contributed by atoms with E-state index in [2.05, 4.69) is 27.1 Å². The van der Waals surface area contributed by atoms with Gasteiger partial charge in [0.2, 0.25) is 0 Å². The maximum absolute atomic E-state index is 11.4. The van der Waals surface area contributed by atoms with E-state index in [9.17, 15) is 4.79 Å². The molecule has 0 aromatic carbocycles. The van der Waals surface area contributed by atoms with Crippen LogP contribution < -0.4 is 5.32 Å². The van der Waals surface area contributed by atoms with Gasteiger partial charge in [-0.25, -0.2) is 4.98 Å². The van der Waals surface area contributed by atoms with Gasteiger partial charge in [-0.1, -0.05) is 11.6 Å². The lowest BCUT2D eigenvalue weighted by Crippen LogP contribution is -2.25. The van der Waals surface area contributed by atoms with Gasteiger partial charge in [0, 0.05) is 13.0 Å². The molecule has 1 heterocycles. The second-order valence-corrected chi connectivity index (χ2v) is 3.05. The van der Waals surface area contributed by atoms with Gasteiger partial charge in [0.1, 0.15) is 10.8 Å². The molecule has 0 unspecified atom stereocenters. The number of hydrogen-bond donors (Lipinski definition) is 1. The Hall–Kier alpha value is -1.60. The molecular formula is C10H10ClN3O. The van der Waals surface area contributed by atoms with Gasteiger partial charge in [-0.05, 0) is 6.92 Å². The van der Waals surface area contributed by atoms with Crippen molar-refractivity contribution in [1.82, 2.24) is 15.3 Å². The highest BCUT2D eigenvalue weighted by Crippen LogP contribution is 2.01. The Morgan fingerprint density at radius 2 is 2.40 bits per heavy atom. The fourth-order valence-corrected chi connectivity index (χ4v) is 1.05. The quantitative estimate of drug-likeness (QED) is 0.620. The summed E-state index contributed by atoms with van der Waals surface area (Å²) in [5.41, 5.74) is 0.215. The van der Waals surface area contributed by atoms with Gasteiger partial charge in [-0.2, -0.15) is 0 Å². The predicted molar refractivity (Wildman–Crippen MR) is 57.4 cm³/mol. The summed E-state index contributed by atoms with van der Waals surface area (Å²) >= 11 is 5.60. The molecule has 78 valence electrons. The third-order valence-corrected chi connectivity index (χ3v) is 1.73. The zero-order chi connectivity index (χ0) is 11.1. The van der Waals surface area contributed by atoms with Crippen molar-refractivity contribution in [2.45, 2.75) is 13.3 Å². The molecule has 15 heavy (non-hydrogen) atoms. The molecule has 1 rings (SSSR count). The zero-order valence-electron chi connectivity index (χ0n) is 8.25. The molecule has 1 amide bonds. The smallest absolute Gasteiger partial charge is 0.271 e. The van der Waals surface area contributed by atoms with Crippen LogP contribution in [-0.4, -0.2) is 22.4 Å². The summed E-state index contributed by atoms with van der Waals surface area (Å²) in [6.07, 6.45) is 3.36. The van der Waals surface area contributed by atoms with Crippen LogP contribution in [0.1, 0.15) is 23.8 Å². The lowest BCUT2D eigenvalue weighted by Gasteiger charge is -2.01. The van der Waals surface area contributed by atoms with E-state index in [-0.39, 0.29) is 16.8 Å². The topological polar surface area (TPSA) is 54.9 Å². The van der Waals surface area contributed by atoms with E-state index in [0.717, 1.165) is 0 Å². The molecule has 4 nitrogen and oxygen atoms in total. The third-order valence-electron chi connectivity index (χ3n) is 1.55. The molecule has 0 aliphatic rings. The molecule has 5 heteroatoms. The highest BCUT2D eigenvalue weighted by molar-refractivity contribution is 6.29. The van der Waals surface area contributed by atoms with Crippen LogP contribution in [0.15, 0.2) is 12.4 Å². The van der Waals surface area contributed by atoms with Gasteiger partial charge in [0.15, 0.2) is 0 Å². The summed E-state index contributed by atoms with van der Waals surface area (Å²) in [6, 6.07) is 0. The van der Waals surface area contributed by atoms with Crippen LogP contribution >= 0.6 is 11.6 Å². The molecule has 0 aliphatic heterocycles. The average Bonchev–Trinajstić information content (AvgIpc) is 2.24. The summed E-state index contributed by atoms with van der Waals surface area (Å²) in [7, 11) is 0. The Kier molecular flexibility index (Phi) is 4.58. The van der Waals surface area contributed by atoms with Crippen LogP contribution in [0.5, 0.6) is 0 Å². The monoisotopic (exact) mass is 223 g/mol.